The first-order valence-corrected chi connectivity index (χ1v) is 11.7. The summed E-state index contributed by atoms with van der Waals surface area (Å²) in [6, 6.07) is 6.40. The highest BCUT2D eigenvalue weighted by molar-refractivity contribution is 7.90. The van der Waals surface area contributed by atoms with Crippen molar-refractivity contribution in [2.75, 3.05) is 38.2 Å². The number of aliphatic imine (C=N–C) groups is 1. The predicted octanol–water partition coefficient (Wildman–Crippen LogP) is 2.18. The summed E-state index contributed by atoms with van der Waals surface area (Å²) in [5, 5.41) is 6.63. The predicted molar refractivity (Wildman–Crippen MR) is 111 cm³/mol. The van der Waals surface area contributed by atoms with Gasteiger partial charge in [0.2, 0.25) is 0 Å². The van der Waals surface area contributed by atoms with Crippen molar-refractivity contribution in [3.8, 4) is 5.75 Å². The van der Waals surface area contributed by atoms with Crippen LogP contribution in [-0.4, -0.2) is 52.6 Å². The van der Waals surface area contributed by atoms with Crippen LogP contribution in [-0.2, 0) is 22.7 Å². The number of sulfone groups is 1. The first-order chi connectivity index (χ1) is 12.7. The Kier molecular flexibility index (Phi) is 7.53. The number of nitrogens with one attached hydrogen (secondary N) is 2. The highest BCUT2D eigenvalue weighted by Crippen LogP contribution is 2.26. The van der Waals surface area contributed by atoms with Crippen LogP contribution in [0.25, 0.3) is 0 Å². The number of ether oxygens (including phenoxy) is 1. The van der Waals surface area contributed by atoms with Crippen LogP contribution >= 0.6 is 0 Å². The first-order valence-electron chi connectivity index (χ1n) is 9.63. The zero-order valence-electron chi connectivity index (χ0n) is 17.0. The largest absolute Gasteiger partial charge is 0.493 e. The van der Waals surface area contributed by atoms with Crippen molar-refractivity contribution in [1.29, 1.82) is 0 Å². The molecule has 0 aromatic heterocycles. The number of guanidine groups is 1. The minimum atomic E-state index is -2.94. The molecule has 1 aromatic rings. The van der Waals surface area contributed by atoms with Gasteiger partial charge in [-0.2, -0.15) is 0 Å². The van der Waals surface area contributed by atoms with Gasteiger partial charge >= 0.3 is 0 Å². The fourth-order valence-electron chi connectivity index (χ4n) is 2.90. The first kappa shape index (κ1) is 21.5. The molecule has 0 spiro atoms. The van der Waals surface area contributed by atoms with Crippen LogP contribution in [0.2, 0.25) is 0 Å². The van der Waals surface area contributed by atoms with Gasteiger partial charge in [-0.3, -0.25) is 4.99 Å². The Morgan fingerprint density at radius 2 is 2.07 bits per heavy atom. The van der Waals surface area contributed by atoms with E-state index >= 15 is 0 Å². The quantitative estimate of drug-likeness (QED) is 0.495. The lowest BCUT2D eigenvalue weighted by Crippen LogP contribution is -2.39. The van der Waals surface area contributed by atoms with Gasteiger partial charge in [0.05, 0.1) is 12.4 Å². The Balaban J connectivity index is 1.85. The Morgan fingerprint density at radius 1 is 1.30 bits per heavy atom. The molecule has 152 valence electrons. The molecule has 0 saturated heterocycles. The number of fused-ring (bicyclic) bond motifs is 1. The molecule has 0 saturated carbocycles. The Hall–Kier alpha value is -1.76. The molecule has 27 heavy (non-hydrogen) atoms. The maximum atomic E-state index is 11.4. The third-order valence-electron chi connectivity index (χ3n) is 4.62. The van der Waals surface area contributed by atoms with E-state index in [0.717, 1.165) is 44.2 Å². The second kappa shape index (κ2) is 9.44. The normalized spacial score (nSPS) is 14.6. The van der Waals surface area contributed by atoms with E-state index in [0.29, 0.717) is 13.0 Å². The molecule has 1 aromatic carbocycles. The van der Waals surface area contributed by atoms with Crippen molar-refractivity contribution in [3.05, 3.63) is 29.3 Å². The van der Waals surface area contributed by atoms with Crippen LogP contribution in [0.4, 0.5) is 0 Å². The average molecular weight is 396 g/mol. The average Bonchev–Trinajstić information content (AvgIpc) is 3.05. The fraction of sp³-hybridized carbons (Fsp3) is 0.650. The number of rotatable bonds is 9. The van der Waals surface area contributed by atoms with Crippen molar-refractivity contribution in [1.82, 2.24) is 10.6 Å². The van der Waals surface area contributed by atoms with Crippen molar-refractivity contribution in [2.24, 2.45) is 10.4 Å². The summed E-state index contributed by atoms with van der Waals surface area (Å²) >= 11 is 0. The van der Waals surface area contributed by atoms with E-state index in [2.05, 4.69) is 47.7 Å². The molecule has 1 aliphatic heterocycles. The van der Waals surface area contributed by atoms with Gasteiger partial charge in [-0.25, -0.2) is 8.42 Å². The molecule has 0 atom stereocenters. The van der Waals surface area contributed by atoms with Gasteiger partial charge in [-0.1, -0.05) is 26.0 Å². The van der Waals surface area contributed by atoms with Gasteiger partial charge in [0, 0.05) is 32.3 Å². The summed E-state index contributed by atoms with van der Waals surface area (Å²) < 4.78 is 28.3. The number of hydrogen-bond acceptors (Lipinski definition) is 4. The summed E-state index contributed by atoms with van der Waals surface area (Å²) in [6.07, 6.45) is 3.79. The second-order valence-electron chi connectivity index (χ2n) is 7.96. The minimum absolute atomic E-state index is 0.161. The molecule has 0 fully saturated rings. The Labute approximate surface area is 163 Å². The van der Waals surface area contributed by atoms with Crippen LogP contribution in [0, 0.1) is 5.41 Å². The number of hydrogen-bond donors (Lipinski definition) is 2. The lowest BCUT2D eigenvalue weighted by atomic mass is 9.90. The highest BCUT2D eigenvalue weighted by atomic mass is 32.2. The molecule has 0 bridgehead atoms. The second-order valence-corrected chi connectivity index (χ2v) is 10.2. The van der Waals surface area contributed by atoms with Gasteiger partial charge in [-0.05, 0) is 42.4 Å². The molecule has 7 heteroatoms. The van der Waals surface area contributed by atoms with Crippen LogP contribution in [0.3, 0.4) is 0 Å². The molecular weight excluding hydrogens is 362 g/mol. The molecule has 2 N–H and O–H groups in total. The lowest BCUT2D eigenvalue weighted by Gasteiger charge is -2.22. The summed E-state index contributed by atoms with van der Waals surface area (Å²) in [7, 11) is -2.94. The summed E-state index contributed by atoms with van der Waals surface area (Å²) in [4.78, 5) is 4.65. The van der Waals surface area contributed by atoms with E-state index in [9.17, 15) is 8.42 Å². The van der Waals surface area contributed by atoms with Gasteiger partial charge in [0.15, 0.2) is 5.96 Å². The molecule has 1 heterocycles. The molecule has 6 nitrogen and oxygen atoms in total. The fourth-order valence-corrected chi connectivity index (χ4v) is 3.82. The van der Waals surface area contributed by atoms with Gasteiger partial charge in [0.1, 0.15) is 15.6 Å². The zero-order chi connectivity index (χ0) is 19.9. The van der Waals surface area contributed by atoms with Gasteiger partial charge in [0.25, 0.3) is 0 Å². The van der Waals surface area contributed by atoms with E-state index in [-0.39, 0.29) is 11.2 Å². The SMILES string of the molecule is CCNC(=NCC(C)(C)CCS(C)(=O)=O)NCCc1ccc2c(c1)CCO2. The lowest BCUT2D eigenvalue weighted by molar-refractivity contribution is 0.357. The van der Waals surface area contributed by atoms with Crippen molar-refractivity contribution >= 4 is 15.8 Å². The molecule has 2 rings (SSSR count). The highest BCUT2D eigenvalue weighted by Gasteiger charge is 2.20. The minimum Gasteiger partial charge on any atom is -0.493 e. The van der Waals surface area contributed by atoms with Crippen molar-refractivity contribution in [2.45, 2.75) is 40.0 Å². The van der Waals surface area contributed by atoms with Gasteiger partial charge < -0.3 is 15.4 Å². The monoisotopic (exact) mass is 395 g/mol. The van der Waals surface area contributed by atoms with E-state index in [1.807, 2.05) is 6.92 Å². The summed E-state index contributed by atoms with van der Waals surface area (Å²) in [5.74, 6) is 1.98. The Morgan fingerprint density at radius 3 is 2.78 bits per heavy atom. The summed E-state index contributed by atoms with van der Waals surface area (Å²) in [6.45, 7) is 9.07. The molecule has 0 aliphatic carbocycles. The number of benzene rings is 1. The third-order valence-corrected chi connectivity index (χ3v) is 5.56. The van der Waals surface area contributed by atoms with Crippen LogP contribution in [0.5, 0.6) is 5.75 Å². The van der Waals surface area contributed by atoms with Crippen molar-refractivity contribution in [3.63, 3.8) is 0 Å². The maximum absolute atomic E-state index is 11.4. The van der Waals surface area contributed by atoms with Crippen molar-refractivity contribution < 1.29 is 13.2 Å². The standard InChI is InChI=1S/C20H33N3O3S/c1-5-21-19(23-15-20(2,3)10-13-27(4,24)25)22-11-8-16-6-7-18-17(14-16)9-12-26-18/h6-7,14H,5,8-13,15H2,1-4H3,(H2,21,22,23). The smallest absolute Gasteiger partial charge is 0.191 e. The van der Waals surface area contributed by atoms with E-state index < -0.39 is 9.84 Å². The maximum Gasteiger partial charge on any atom is 0.191 e. The molecule has 1 aliphatic rings. The topological polar surface area (TPSA) is 79.8 Å². The van der Waals surface area contributed by atoms with E-state index in [1.165, 1.54) is 17.4 Å². The molecule has 0 radical (unpaired) electrons. The van der Waals surface area contributed by atoms with E-state index in [1.54, 1.807) is 0 Å². The van der Waals surface area contributed by atoms with E-state index in [4.69, 9.17) is 4.74 Å². The Bertz CT molecular complexity index is 758. The molecule has 0 unspecified atom stereocenters. The molecular formula is C20H33N3O3S. The van der Waals surface area contributed by atoms with Crippen LogP contribution in [0.1, 0.15) is 38.3 Å². The van der Waals surface area contributed by atoms with Crippen LogP contribution in [0.15, 0.2) is 23.2 Å². The third kappa shape index (κ3) is 7.79. The molecule has 0 amide bonds. The number of nitrogens with zero attached hydrogens (tertiary/aromatic N) is 1. The van der Waals surface area contributed by atoms with Crippen LogP contribution < -0.4 is 15.4 Å². The summed E-state index contributed by atoms with van der Waals surface area (Å²) in [5.41, 5.74) is 2.42. The zero-order valence-corrected chi connectivity index (χ0v) is 17.8. The van der Waals surface area contributed by atoms with Gasteiger partial charge in [-0.15, -0.1) is 0 Å².